The van der Waals surface area contributed by atoms with Crippen LogP contribution >= 0.6 is 0 Å². The van der Waals surface area contributed by atoms with E-state index >= 15 is 0 Å². The van der Waals surface area contributed by atoms with Crippen LogP contribution in [0.5, 0.6) is 0 Å². The van der Waals surface area contributed by atoms with Crippen LogP contribution in [0.25, 0.3) is 0 Å². The molecular weight excluding hydrogens is 170 g/mol. The first-order valence-corrected chi connectivity index (χ1v) is 6.31. The van der Waals surface area contributed by atoms with Gasteiger partial charge >= 0.3 is 0 Å². The second-order valence-electron chi connectivity index (χ2n) is 5.83. The van der Waals surface area contributed by atoms with Gasteiger partial charge in [0.15, 0.2) is 0 Å². The van der Waals surface area contributed by atoms with E-state index in [1.165, 1.54) is 44.9 Å². The van der Waals surface area contributed by atoms with Crippen molar-refractivity contribution in [2.45, 2.75) is 71.8 Å². The number of rotatable bonds is 4. The summed E-state index contributed by atoms with van der Waals surface area (Å²) in [4.78, 5) is 0. The molecule has 0 saturated heterocycles. The molecule has 14 heavy (non-hydrogen) atoms. The number of nitrogens with two attached hydrogens (primary N) is 1. The van der Waals surface area contributed by atoms with Crippen LogP contribution in [0, 0.1) is 11.3 Å². The predicted molar refractivity (Wildman–Crippen MR) is 63.2 cm³/mol. The summed E-state index contributed by atoms with van der Waals surface area (Å²) in [6, 6.07) is 0.486. The van der Waals surface area contributed by atoms with Crippen LogP contribution in [0.1, 0.15) is 65.7 Å². The molecule has 1 aliphatic carbocycles. The second-order valence-corrected chi connectivity index (χ2v) is 5.83. The van der Waals surface area contributed by atoms with E-state index in [9.17, 15) is 0 Å². The van der Waals surface area contributed by atoms with E-state index < -0.39 is 0 Å². The lowest BCUT2D eigenvalue weighted by atomic mass is 9.69. The van der Waals surface area contributed by atoms with Crippen LogP contribution in [0.15, 0.2) is 0 Å². The van der Waals surface area contributed by atoms with E-state index in [-0.39, 0.29) is 0 Å². The van der Waals surface area contributed by atoms with Gasteiger partial charge in [0.2, 0.25) is 0 Å². The quantitative estimate of drug-likeness (QED) is 0.683. The average Bonchev–Trinajstić information content (AvgIpc) is 2.11. The first-order valence-electron chi connectivity index (χ1n) is 6.31. The molecule has 0 amide bonds. The lowest BCUT2D eigenvalue weighted by Crippen LogP contribution is -2.39. The van der Waals surface area contributed by atoms with Crippen LogP contribution in [0.3, 0.4) is 0 Å². The average molecular weight is 197 g/mol. The SMILES string of the molecule is CCCCCC1CC(C)(C)CCC1N. The van der Waals surface area contributed by atoms with E-state index in [1.54, 1.807) is 0 Å². The van der Waals surface area contributed by atoms with Crippen LogP contribution in [-0.2, 0) is 0 Å². The van der Waals surface area contributed by atoms with Crippen molar-refractivity contribution in [1.29, 1.82) is 0 Å². The maximum absolute atomic E-state index is 6.18. The zero-order chi connectivity index (χ0) is 10.6. The number of hydrogen-bond acceptors (Lipinski definition) is 1. The summed E-state index contributed by atoms with van der Waals surface area (Å²) in [6.45, 7) is 7.06. The summed E-state index contributed by atoms with van der Waals surface area (Å²) >= 11 is 0. The smallest absolute Gasteiger partial charge is 0.00675 e. The minimum absolute atomic E-state index is 0.486. The molecular formula is C13H27N. The first-order chi connectivity index (χ1) is 6.55. The molecule has 2 atom stereocenters. The molecule has 2 N–H and O–H groups in total. The summed E-state index contributed by atoms with van der Waals surface area (Å²) in [5.74, 6) is 0.797. The topological polar surface area (TPSA) is 26.0 Å². The summed E-state index contributed by atoms with van der Waals surface area (Å²) in [7, 11) is 0. The van der Waals surface area contributed by atoms with Crippen molar-refractivity contribution in [3.05, 3.63) is 0 Å². The van der Waals surface area contributed by atoms with E-state index in [2.05, 4.69) is 20.8 Å². The molecule has 1 rings (SSSR count). The molecule has 2 unspecified atom stereocenters. The van der Waals surface area contributed by atoms with Gasteiger partial charge in [-0.25, -0.2) is 0 Å². The van der Waals surface area contributed by atoms with E-state index in [1.807, 2.05) is 0 Å². The minimum atomic E-state index is 0.486. The van der Waals surface area contributed by atoms with Gasteiger partial charge in [0.05, 0.1) is 0 Å². The fourth-order valence-electron chi connectivity index (χ4n) is 2.73. The zero-order valence-corrected chi connectivity index (χ0v) is 10.2. The van der Waals surface area contributed by atoms with Gasteiger partial charge in [-0.05, 0) is 37.0 Å². The third-order valence-corrected chi connectivity index (χ3v) is 3.75. The van der Waals surface area contributed by atoms with Gasteiger partial charge in [-0.15, -0.1) is 0 Å². The maximum atomic E-state index is 6.18. The van der Waals surface area contributed by atoms with Gasteiger partial charge in [-0.3, -0.25) is 0 Å². The van der Waals surface area contributed by atoms with E-state index in [4.69, 9.17) is 5.73 Å². The highest BCUT2D eigenvalue weighted by Gasteiger charge is 2.32. The largest absolute Gasteiger partial charge is 0.327 e. The van der Waals surface area contributed by atoms with Gasteiger partial charge in [0.25, 0.3) is 0 Å². The Morgan fingerprint density at radius 1 is 1.29 bits per heavy atom. The molecule has 0 aromatic rings. The fraction of sp³-hybridized carbons (Fsp3) is 1.00. The molecule has 1 fully saturated rings. The maximum Gasteiger partial charge on any atom is 0.00675 e. The summed E-state index contributed by atoms with van der Waals surface area (Å²) in [5.41, 5.74) is 6.73. The van der Waals surface area contributed by atoms with Crippen LogP contribution in [0.4, 0.5) is 0 Å². The minimum Gasteiger partial charge on any atom is -0.327 e. The third-order valence-electron chi connectivity index (χ3n) is 3.75. The van der Waals surface area contributed by atoms with Gasteiger partial charge in [-0.2, -0.15) is 0 Å². The molecule has 0 spiro atoms. The van der Waals surface area contributed by atoms with Crippen LogP contribution in [-0.4, -0.2) is 6.04 Å². The van der Waals surface area contributed by atoms with Crippen LogP contribution in [0.2, 0.25) is 0 Å². The van der Waals surface area contributed by atoms with Crippen molar-refractivity contribution < 1.29 is 0 Å². The molecule has 0 bridgehead atoms. The lowest BCUT2D eigenvalue weighted by molar-refractivity contribution is 0.148. The highest BCUT2D eigenvalue weighted by molar-refractivity contribution is 4.86. The van der Waals surface area contributed by atoms with E-state index in [0.717, 1.165) is 5.92 Å². The molecule has 1 heteroatoms. The third kappa shape index (κ3) is 3.61. The second kappa shape index (κ2) is 5.16. The van der Waals surface area contributed by atoms with Crippen molar-refractivity contribution in [1.82, 2.24) is 0 Å². The molecule has 0 aromatic heterocycles. The van der Waals surface area contributed by atoms with Gasteiger partial charge in [0.1, 0.15) is 0 Å². The summed E-state index contributed by atoms with van der Waals surface area (Å²) in [6.07, 6.45) is 9.35. The molecule has 0 aliphatic heterocycles. The van der Waals surface area contributed by atoms with Gasteiger partial charge in [-0.1, -0.05) is 40.0 Å². The lowest BCUT2D eigenvalue weighted by Gasteiger charge is -2.39. The standard InChI is InChI=1S/C13H27N/c1-4-5-6-7-11-10-13(2,3)9-8-12(11)14/h11-12H,4-10,14H2,1-3H3. The van der Waals surface area contributed by atoms with Crippen molar-refractivity contribution in [3.63, 3.8) is 0 Å². The monoisotopic (exact) mass is 197 g/mol. The Hall–Kier alpha value is -0.0400. The Morgan fingerprint density at radius 3 is 2.64 bits per heavy atom. The first kappa shape index (κ1) is 12.0. The Morgan fingerprint density at radius 2 is 2.00 bits per heavy atom. The number of unbranched alkanes of at least 4 members (excludes halogenated alkanes) is 2. The fourth-order valence-corrected chi connectivity index (χ4v) is 2.73. The zero-order valence-electron chi connectivity index (χ0n) is 10.2. The highest BCUT2D eigenvalue weighted by atomic mass is 14.7. The van der Waals surface area contributed by atoms with Gasteiger partial charge in [0, 0.05) is 6.04 Å². The molecule has 1 aliphatic rings. The normalized spacial score (nSPS) is 31.7. The van der Waals surface area contributed by atoms with Crippen molar-refractivity contribution >= 4 is 0 Å². The Bertz CT molecular complexity index is 163. The highest BCUT2D eigenvalue weighted by Crippen LogP contribution is 2.39. The number of hydrogen-bond donors (Lipinski definition) is 1. The van der Waals surface area contributed by atoms with Crippen molar-refractivity contribution in [2.75, 3.05) is 0 Å². The molecule has 0 heterocycles. The summed E-state index contributed by atoms with van der Waals surface area (Å²) in [5, 5.41) is 0. The molecule has 0 aromatic carbocycles. The van der Waals surface area contributed by atoms with Crippen LogP contribution < -0.4 is 5.73 Å². The summed E-state index contributed by atoms with van der Waals surface area (Å²) < 4.78 is 0. The van der Waals surface area contributed by atoms with E-state index in [0.29, 0.717) is 11.5 Å². The van der Waals surface area contributed by atoms with Gasteiger partial charge < -0.3 is 5.73 Å². The van der Waals surface area contributed by atoms with Crippen molar-refractivity contribution in [2.24, 2.45) is 17.1 Å². The van der Waals surface area contributed by atoms with Crippen molar-refractivity contribution in [3.8, 4) is 0 Å². The molecule has 1 saturated carbocycles. The Kier molecular flexibility index (Phi) is 4.43. The Labute approximate surface area is 89.5 Å². The molecule has 84 valence electrons. The molecule has 1 nitrogen and oxygen atoms in total. The molecule has 0 radical (unpaired) electrons. The Balaban J connectivity index is 2.33. The predicted octanol–water partition coefficient (Wildman–Crippen LogP) is 3.72.